The van der Waals surface area contributed by atoms with Crippen LogP contribution in [0, 0.1) is 5.82 Å². The fourth-order valence-electron chi connectivity index (χ4n) is 3.53. The van der Waals surface area contributed by atoms with Crippen molar-refractivity contribution in [1.82, 2.24) is 14.5 Å². The van der Waals surface area contributed by atoms with Gasteiger partial charge in [0.1, 0.15) is 11.6 Å². The molecule has 1 aliphatic rings. The van der Waals surface area contributed by atoms with Crippen molar-refractivity contribution in [2.75, 3.05) is 13.6 Å². The van der Waals surface area contributed by atoms with E-state index in [1.807, 2.05) is 7.05 Å². The van der Waals surface area contributed by atoms with E-state index in [0.29, 0.717) is 12.2 Å². The first-order valence-corrected chi connectivity index (χ1v) is 9.16. The minimum Gasteiger partial charge on any atom is -0.501 e. The molecular formula is C20H24FN3O3. The third kappa shape index (κ3) is 4.08. The van der Waals surface area contributed by atoms with Crippen molar-refractivity contribution in [1.29, 1.82) is 0 Å². The number of carbonyl (C=O) groups is 1. The van der Waals surface area contributed by atoms with E-state index in [1.54, 1.807) is 19.2 Å². The molecule has 1 saturated heterocycles. The van der Waals surface area contributed by atoms with Crippen LogP contribution in [-0.2, 0) is 13.5 Å². The molecule has 1 unspecified atom stereocenters. The fourth-order valence-corrected chi connectivity index (χ4v) is 3.53. The summed E-state index contributed by atoms with van der Waals surface area (Å²) in [5.74, 6) is -0.833. The molecule has 0 aliphatic carbocycles. The maximum atomic E-state index is 13.0. The average molecular weight is 373 g/mol. The van der Waals surface area contributed by atoms with Crippen LogP contribution in [0.25, 0.3) is 0 Å². The maximum absolute atomic E-state index is 13.0. The summed E-state index contributed by atoms with van der Waals surface area (Å²) in [4.78, 5) is 31.6. The predicted octanol–water partition coefficient (Wildman–Crippen LogP) is 2.60. The van der Waals surface area contributed by atoms with Gasteiger partial charge in [0.25, 0.3) is 5.56 Å². The Hall–Kier alpha value is -2.54. The first-order chi connectivity index (χ1) is 12.9. The molecule has 7 heteroatoms. The summed E-state index contributed by atoms with van der Waals surface area (Å²) in [5.41, 5.74) is 0.0265. The Morgan fingerprint density at radius 1 is 1.26 bits per heavy atom. The number of hydrogen-bond acceptors (Lipinski definition) is 5. The molecule has 6 nitrogen and oxygen atoms in total. The molecule has 1 atom stereocenters. The Morgan fingerprint density at radius 3 is 2.63 bits per heavy atom. The number of rotatable bonds is 5. The minimum atomic E-state index is -0.608. The molecule has 1 N–H and O–H groups in total. The van der Waals surface area contributed by atoms with Crippen LogP contribution in [0.5, 0.6) is 5.75 Å². The molecule has 3 rings (SSSR count). The highest BCUT2D eigenvalue weighted by molar-refractivity contribution is 5.96. The lowest BCUT2D eigenvalue weighted by molar-refractivity contribution is 0.0972. The third-order valence-corrected chi connectivity index (χ3v) is 5.19. The normalized spacial score (nSPS) is 17.8. The van der Waals surface area contributed by atoms with Crippen LogP contribution in [0.4, 0.5) is 4.39 Å². The fraction of sp³-hybridized carbons (Fsp3) is 0.450. The van der Waals surface area contributed by atoms with Crippen LogP contribution >= 0.6 is 0 Å². The largest absolute Gasteiger partial charge is 0.501 e. The van der Waals surface area contributed by atoms with Gasteiger partial charge in [0, 0.05) is 13.5 Å². The van der Waals surface area contributed by atoms with Crippen molar-refractivity contribution < 1.29 is 14.3 Å². The Balaban J connectivity index is 1.86. The lowest BCUT2D eigenvalue weighted by atomic mass is 10.0. The molecule has 1 fully saturated rings. The summed E-state index contributed by atoms with van der Waals surface area (Å²) in [6.07, 6.45) is 3.43. The van der Waals surface area contributed by atoms with Gasteiger partial charge in [0.2, 0.25) is 5.75 Å². The maximum Gasteiger partial charge on any atom is 0.296 e. The van der Waals surface area contributed by atoms with E-state index in [2.05, 4.69) is 9.88 Å². The summed E-state index contributed by atoms with van der Waals surface area (Å²) in [5, 5.41) is 10.2. The molecule has 0 spiro atoms. The number of nitrogens with zero attached hydrogens (tertiary/aromatic N) is 3. The quantitative estimate of drug-likeness (QED) is 0.816. The first-order valence-electron chi connectivity index (χ1n) is 9.16. The van der Waals surface area contributed by atoms with Gasteiger partial charge in [-0.25, -0.2) is 9.37 Å². The SMILES string of the molecule is CN1CCCCC1c1nc(C(=O)CCc2ccc(F)cc2)c(O)c(=O)n1C. The summed E-state index contributed by atoms with van der Waals surface area (Å²) < 4.78 is 14.3. The molecule has 27 heavy (non-hydrogen) atoms. The van der Waals surface area contributed by atoms with Gasteiger partial charge in [0.15, 0.2) is 11.5 Å². The lowest BCUT2D eigenvalue weighted by Gasteiger charge is -2.32. The molecule has 2 heterocycles. The molecule has 0 amide bonds. The number of halogens is 1. The molecule has 0 saturated carbocycles. The zero-order valence-electron chi connectivity index (χ0n) is 15.6. The van der Waals surface area contributed by atoms with Gasteiger partial charge in [-0.3, -0.25) is 19.1 Å². The van der Waals surface area contributed by atoms with Crippen molar-refractivity contribution in [3.8, 4) is 5.75 Å². The van der Waals surface area contributed by atoms with Crippen LogP contribution in [0.15, 0.2) is 29.1 Å². The second-order valence-corrected chi connectivity index (χ2v) is 7.07. The van der Waals surface area contributed by atoms with Crippen LogP contribution in [0.2, 0.25) is 0 Å². The van der Waals surface area contributed by atoms with Gasteiger partial charge < -0.3 is 5.11 Å². The van der Waals surface area contributed by atoms with Crippen molar-refractivity contribution in [2.24, 2.45) is 7.05 Å². The molecule has 1 aromatic heterocycles. The highest BCUT2D eigenvalue weighted by Crippen LogP contribution is 2.28. The van der Waals surface area contributed by atoms with E-state index in [4.69, 9.17) is 0 Å². The van der Waals surface area contributed by atoms with E-state index in [1.165, 1.54) is 16.7 Å². The Labute approximate surface area is 157 Å². The summed E-state index contributed by atoms with van der Waals surface area (Å²) in [7, 11) is 3.54. The number of aryl methyl sites for hydroxylation is 1. The number of hydrogen-bond donors (Lipinski definition) is 1. The van der Waals surface area contributed by atoms with E-state index in [-0.39, 0.29) is 24.0 Å². The Morgan fingerprint density at radius 2 is 1.96 bits per heavy atom. The second-order valence-electron chi connectivity index (χ2n) is 7.07. The van der Waals surface area contributed by atoms with Crippen LogP contribution in [0.1, 0.15) is 53.6 Å². The van der Waals surface area contributed by atoms with E-state index < -0.39 is 17.1 Å². The molecule has 1 aromatic carbocycles. The van der Waals surface area contributed by atoms with Gasteiger partial charge >= 0.3 is 0 Å². The standard InChI is InChI=1S/C20H24FN3O3/c1-23-12-4-3-5-15(23)19-22-17(18(26)20(27)24(19)2)16(25)11-8-13-6-9-14(21)10-7-13/h6-7,9-10,15,26H,3-5,8,11-12H2,1-2H3. The zero-order chi connectivity index (χ0) is 19.6. The number of carbonyl (C=O) groups excluding carboxylic acids is 1. The van der Waals surface area contributed by atoms with Crippen LogP contribution in [-0.4, -0.2) is 38.9 Å². The third-order valence-electron chi connectivity index (χ3n) is 5.19. The summed E-state index contributed by atoms with van der Waals surface area (Å²) in [6, 6.07) is 5.85. The van der Waals surface area contributed by atoms with E-state index >= 15 is 0 Å². The second kappa shape index (κ2) is 8.00. The van der Waals surface area contributed by atoms with Crippen molar-refractivity contribution in [2.45, 2.75) is 38.1 Å². The van der Waals surface area contributed by atoms with Gasteiger partial charge in [0.05, 0.1) is 6.04 Å². The predicted molar refractivity (Wildman–Crippen MR) is 99.4 cm³/mol. The van der Waals surface area contributed by atoms with Crippen molar-refractivity contribution in [3.05, 3.63) is 57.5 Å². The van der Waals surface area contributed by atoms with E-state index in [0.717, 1.165) is 31.4 Å². The molecule has 2 aromatic rings. The number of ketones is 1. The molecule has 144 valence electrons. The highest BCUT2D eigenvalue weighted by Gasteiger charge is 2.28. The summed E-state index contributed by atoms with van der Waals surface area (Å²) >= 11 is 0. The monoisotopic (exact) mass is 373 g/mol. The van der Waals surface area contributed by atoms with Gasteiger partial charge in [-0.1, -0.05) is 18.6 Å². The lowest BCUT2D eigenvalue weighted by Crippen LogP contribution is -2.35. The number of aromatic hydroxyl groups is 1. The van der Waals surface area contributed by atoms with Gasteiger partial charge in [-0.2, -0.15) is 0 Å². The molecule has 0 bridgehead atoms. The molecule has 1 aliphatic heterocycles. The van der Waals surface area contributed by atoms with Crippen LogP contribution in [0.3, 0.4) is 0 Å². The minimum absolute atomic E-state index is 0.0549. The smallest absolute Gasteiger partial charge is 0.296 e. The zero-order valence-corrected chi connectivity index (χ0v) is 15.6. The Kier molecular flexibility index (Phi) is 5.70. The summed E-state index contributed by atoms with van der Waals surface area (Å²) in [6.45, 7) is 0.898. The molecular weight excluding hydrogens is 349 g/mol. The Bertz CT molecular complexity index is 893. The number of piperidine rings is 1. The number of aromatic nitrogens is 2. The van der Waals surface area contributed by atoms with Crippen LogP contribution < -0.4 is 5.56 Å². The first kappa shape index (κ1) is 19.2. The topological polar surface area (TPSA) is 75.4 Å². The van der Waals surface area contributed by atoms with Gasteiger partial charge in [-0.05, 0) is 50.6 Å². The van der Waals surface area contributed by atoms with Crippen molar-refractivity contribution >= 4 is 5.78 Å². The van der Waals surface area contributed by atoms with Gasteiger partial charge in [-0.15, -0.1) is 0 Å². The number of benzene rings is 1. The van der Waals surface area contributed by atoms with Crippen molar-refractivity contribution in [3.63, 3.8) is 0 Å². The highest BCUT2D eigenvalue weighted by atomic mass is 19.1. The van der Waals surface area contributed by atoms with E-state index in [9.17, 15) is 19.1 Å². The molecule has 0 radical (unpaired) electrons. The average Bonchev–Trinajstić information content (AvgIpc) is 2.66. The number of likely N-dealkylation sites (tertiary alicyclic amines) is 1. The number of Topliss-reactive ketones (excluding diaryl/α,β-unsaturated/α-hetero) is 1.